The van der Waals surface area contributed by atoms with Gasteiger partial charge in [0, 0.05) is 56.0 Å². The van der Waals surface area contributed by atoms with E-state index in [9.17, 15) is 4.79 Å². The monoisotopic (exact) mass is 391 g/mol. The minimum absolute atomic E-state index is 0.104. The van der Waals surface area contributed by atoms with Gasteiger partial charge < -0.3 is 15.5 Å². The van der Waals surface area contributed by atoms with Crippen LogP contribution in [0, 0.1) is 0 Å². The van der Waals surface area contributed by atoms with Gasteiger partial charge in [-0.25, -0.2) is 0 Å². The second-order valence-corrected chi connectivity index (χ2v) is 8.67. The molecule has 1 aliphatic heterocycles. The van der Waals surface area contributed by atoms with Crippen LogP contribution in [0.3, 0.4) is 0 Å². The molecule has 0 radical (unpaired) electrons. The summed E-state index contributed by atoms with van der Waals surface area (Å²) in [6.07, 6.45) is 0. The topological polar surface area (TPSA) is 60.0 Å². The maximum absolute atomic E-state index is 11.9. The highest BCUT2D eigenvalue weighted by molar-refractivity contribution is 8.00. The molecule has 1 unspecified atom stereocenters. The Bertz CT molecular complexity index is 600. The highest BCUT2D eigenvalue weighted by Gasteiger charge is 2.21. The fourth-order valence-corrected chi connectivity index (χ4v) is 3.97. The number of carbonyl (C=O) groups is 1. The van der Waals surface area contributed by atoms with E-state index in [0.29, 0.717) is 11.8 Å². The second-order valence-electron chi connectivity index (χ2n) is 7.16. The molecule has 1 fully saturated rings. The van der Waals surface area contributed by atoms with E-state index in [2.05, 4.69) is 56.6 Å². The number of hydrogen-bond acceptors (Lipinski definition) is 4. The van der Waals surface area contributed by atoms with Crippen molar-refractivity contribution in [2.75, 3.05) is 46.3 Å². The standard InChI is InChI=1S/C20H33N5OS/c1-16(2)23-19(26)15-24-10-12-25(13-11-24)20(21-4)22-14-17(3)27-18-8-6-5-7-9-18/h5-9,16-17H,10-15H2,1-4H3,(H,21,22)(H,23,26). The first-order valence-corrected chi connectivity index (χ1v) is 10.5. The predicted octanol–water partition coefficient (Wildman–Crippen LogP) is 1.88. The summed E-state index contributed by atoms with van der Waals surface area (Å²) in [6, 6.07) is 10.7. The molecule has 1 atom stereocenters. The summed E-state index contributed by atoms with van der Waals surface area (Å²) >= 11 is 1.87. The van der Waals surface area contributed by atoms with Crippen LogP contribution in [0.15, 0.2) is 40.2 Å². The quantitative estimate of drug-likeness (QED) is 0.422. The van der Waals surface area contributed by atoms with Crippen molar-refractivity contribution in [3.8, 4) is 0 Å². The second kappa shape index (κ2) is 11.2. The van der Waals surface area contributed by atoms with Crippen molar-refractivity contribution in [3.05, 3.63) is 30.3 Å². The van der Waals surface area contributed by atoms with Crippen LogP contribution in [0.1, 0.15) is 20.8 Å². The van der Waals surface area contributed by atoms with Crippen molar-refractivity contribution in [2.24, 2.45) is 4.99 Å². The van der Waals surface area contributed by atoms with Gasteiger partial charge in [-0.3, -0.25) is 14.7 Å². The molecule has 6 nitrogen and oxygen atoms in total. The van der Waals surface area contributed by atoms with E-state index in [1.54, 1.807) is 0 Å². The molecule has 1 saturated heterocycles. The van der Waals surface area contributed by atoms with Crippen molar-refractivity contribution < 1.29 is 4.79 Å². The highest BCUT2D eigenvalue weighted by Crippen LogP contribution is 2.22. The van der Waals surface area contributed by atoms with Gasteiger partial charge in [0.05, 0.1) is 6.54 Å². The summed E-state index contributed by atoms with van der Waals surface area (Å²) < 4.78 is 0. The number of guanidine groups is 1. The van der Waals surface area contributed by atoms with E-state index in [4.69, 9.17) is 0 Å². The Balaban J connectivity index is 1.72. The number of thioether (sulfide) groups is 1. The Kier molecular flexibility index (Phi) is 8.94. The van der Waals surface area contributed by atoms with Gasteiger partial charge in [-0.2, -0.15) is 0 Å². The zero-order valence-electron chi connectivity index (χ0n) is 16.9. The molecule has 27 heavy (non-hydrogen) atoms. The number of hydrogen-bond donors (Lipinski definition) is 2. The fourth-order valence-electron chi connectivity index (χ4n) is 3.03. The molecule has 2 rings (SSSR count). The molecule has 0 aromatic heterocycles. The molecule has 1 aromatic rings. The van der Waals surface area contributed by atoms with Crippen LogP contribution in [0.25, 0.3) is 0 Å². The van der Waals surface area contributed by atoms with Gasteiger partial charge in [0.2, 0.25) is 5.91 Å². The van der Waals surface area contributed by atoms with Gasteiger partial charge in [0.25, 0.3) is 0 Å². The number of piperazine rings is 1. The molecule has 0 bridgehead atoms. The number of aliphatic imine (C=N–C) groups is 1. The van der Waals surface area contributed by atoms with Crippen LogP contribution in [-0.2, 0) is 4.79 Å². The number of benzene rings is 1. The van der Waals surface area contributed by atoms with Gasteiger partial charge in [0.1, 0.15) is 0 Å². The molecule has 1 aliphatic rings. The van der Waals surface area contributed by atoms with E-state index < -0.39 is 0 Å². The van der Waals surface area contributed by atoms with Gasteiger partial charge >= 0.3 is 0 Å². The van der Waals surface area contributed by atoms with Crippen molar-refractivity contribution in [3.63, 3.8) is 0 Å². The van der Waals surface area contributed by atoms with E-state index in [0.717, 1.165) is 38.7 Å². The normalized spacial score (nSPS) is 17.1. The Morgan fingerprint density at radius 1 is 1.15 bits per heavy atom. The fraction of sp³-hybridized carbons (Fsp3) is 0.600. The third-order valence-corrected chi connectivity index (χ3v) is 5.44. The third-order valence-electron chi connectivity index (χ3n) is 4.33. The van der Waals surface area contributed by atoms with Gasteiger partial charge in [-0.05, 0) is 26.0 Å². The molecule has 7 heteroatoms. The predicted molar refractivity (Wildman–Crippen MR) is 114 cm³/mol. The lowest BCUT2D eigenvalue weighted by Crippen LogP contribution is -2.54. The van der Waals surface area contributed by atoms with Crippen LogP contribution in [0.4, 0.5) is 0 Å². The SMILES string of the molecule is CN=C(NCC(C)Sc1ccccc1)N1CCN(CC(=O)NC(C)C)CC1. The molecule has 1 aromatic carbocycles. The van der Waals surface area contributed by atoms with E-state index in [-0.39, 0.29) is 11.9 Å². The van der Waals surface area contributed by atoms with E-state index in [1.807, 2.05) is 38.7 Å². The summed E-state index contributed by atoms with van der Waals surface area (Å²) in [5.74, 6) is 1.05. The molecule has 0 aliphatic carbocycles. The van der Waals surface area contributed by atoms with Crippen molar-refractivity contribution in [1.29, 1.82) is 0 Å². The number of carbonyl (C=O) groups excluding carboxylic acids is 1. The first-order valence-electron chi connectivity index (χ1n) is 9.67. The lowest BCUT2D eigenvalue weighted by molar-refractivity contribution is -0.123. The molecule has 1 amide bonds. The molecule has 0 spiro atoms. The number of rotatable bonds is 7. The van der Waals surface area contributed by atoms with Crippen LogP contribution < -0.4 is 10.6 Å². The van der Waals surface area contributed by atoms with Crippen molar-refractivity contribution in [1.82, 2.24) is 20.4 Å². The summed E-state index contributed by atoms with van der Waals surface area (Å²) in [7, 11) is 1.83. The summed E-state index contributed by atoms with van der Waals surface area (Å²) in [4.78, 5) is 22.1. The average Bonchev–Trinajstić information content (AvgIpc) is 2.63. The maximum atomic E-state index is 11.9. The lowest BCUT2D eigenvalue weighted by atomic mass is 10.3. The molecule has 0 saturated carbocycles. The smallest absolute Gasteiger partial charge is 0.234 e. The molecule has 1 heterocycles. The van der Waals surface area contributed by atoms with Crippen molar-refractivity contribution >= 4 is 23.6 Å². The minimum atomic E-state index is 0.104. The largest absolute Gasteiger partial charge is 0.355 e. The van der Waals surface area contributed by atoms with Crippen LogP contribution in [-0.4, -0.2) is 79.3 Å². The van der Waals surface area contributed by atoms with E-state index in [1.165, 1.54) is 4.90 Å². The van der Waals surface area contributed by atoms with E-state index >= 15 is 0 Å². The maximum Gasteiger partial charge on any atom is 0.234 e. The highest BCUT2D eigenvalue weighted by atomic mass is 32.2. The Morgan fingerprint density at radius 3 is 2.41 bits per heavy atom. The number of nitrogens with one attached hydrogen (secondary N) is 2. The Hall–Kier alpha value is -1.73. The first kappa shape index (κ1) is 21.6. The average molecular weight is 392 g/mol. The van der Waals surface area contributed by atoms with Crippen LogP contribution in [0.5, 0.6) is 0 Å². The van der Waals surface area contributed by atoms with Crippen LogP contribution >= 0.6 is 11.8 Å². The molecule has 2 N–H and O–H groups in total. The van der Waals surface area contributed by atoms with Gasteiger partial charge in [-0.1, -0.05) is 25.1 Å². The first-order chi connectivity index (χ1) is 13.0. The van der Waals surface area contributed by atoms with Gasteiger partial charge in [-0.15, -0.1) is 11.8 Å². The summed E-state index contributed by atoms with van der Waals surface area (Å²) in [5.41, 5.74) is 0. The summed E-state index contributed by atoms with van der Waals surface area (Å²) in [5, 5.41) is 6.90. The minimum Gasteiger partial charge on any atom is -0.355 e. The molecular formula is C20H33N5OS. The lowest BCUT2D eigenvalue weighted by Gasteiger charge is -2.36. The molecular weight excluding hydrogens is 358 g/mol. The third kappa shape index (κ3) is 7.81. The Labute approximate surface area is 167 Å². The van der Waals surface area contributed by atoms with Crippen molar-refractivity contribution in [2.45, 2.75) is 37.0 Å². The summed E-state index contributed by atoms with van der Waals surface area (Å²) in [6.45, 7) is 11.1. The zero-order valence-corrected chi connectivity index (χ0v) is 17.8. The number of amides is 1. The zero-order chi connectivity index (χ0) is 19.6. The van der Waals surface area contributed by atoms with Crippen LogP contribution in [0.2, 0.25) is 0 Å². The van der Waals surface area contributed by atoms with Gasteiger partial charge in [0.15, 0.2) is 5.96 Å². The Morgan fingerprint density at radius 2 is 1.81 bits per heavy atom. The molecule has 150 valence electrons. The number of nitrogens with zero attached hydrogens (tertiary/aromatic N) is 3.